The SMILES string of the molecule is COC(=O)C(Cc1ccc(OCSC)cc1)NC(=O)OC(C)(C)C. The molecule has 0 saturated carbocycles. The van der Waals surface area contributed by atoms with Crippen LogP contribution in [0.5, 0.6) is 5.75 Å². The number of carbonyl (C=O) groups excluding carboxylic acids is 2. The van der Waals surface area contributed by atoms with Crippen LogP contribution in [0.1, 0.15) is 26.3 Å². The number of carbonyl (C=O) groups is 2. The third-order valence-corrected chi connectivity index (χ3v) is 3.24. The lowest BCUT2D eigenvalue weighted by Crippen LogP contribution is -2.45. The maximum absolute atomic E-state index is 11.9. The molecule has 0 radical (unpaired) electrons. The second-order valence-corrected chi connectivity index (χ2v) is 6.93. The van der Waals surface area contributed by atoms with Gasteiger partial charge in [0, 0.05) is 6.42 Å². The normalized spacial score (nSPS) is 12.2. The number of thioether (sulfide) groups is 1. The van der Waals surface area contributed by atoms with Gasteiger partial charge in [0.25, 0.3) is 0 Å². The van der Waals surface area contributed by atoms with Gasteiger partial charge in [-0.1, -0.05) is 12.1 Å². The average Bonchev–Trinajstić information content (AvgIpc) is 2.51. The summed E-state index contributed by atoms with van der Waals surface area (Å²) in [6, 6.07) is 6.54. The number of hydrogen-bond donors (Lipinski definition) is 1. The van der Waals surface area contributed by atoms with Gasteiger partial charge in [-0.05, 0) is 44.7 Å². The molecule has 1 amide bonds. The van der Waals surface area contributed by atoms with Gasteiger partial charge >= 0.3 is 12.1 Å². The zero-order valence-electron chi connectivity index (χ0n) is 14.8. The molecule has 0 aliphatic heterocycles. The average molecular weight is 355 g/mol. The van der Waals surface area contributed by atoms with Crippen molar-refractivity contribution in [1.29, 1.82) is 0 Å². The molecule has 0 fully saturated rings. The van der Waals surface area contributed by atoms with Crippen LogP contribution in [0.4, 0.5) is 4.79 Å². The minimum atomic E-state index is -0.817. The van der Waals surface area contributed by atoms with E-state index in [2.05, 4.69) is 5.32 Å². The molecule has 24 heavy (non-hydrogen) atoms. The van der Waals surface area contributed by atoms with Crippen LogP contribution in [0.25, 0.3) is 0 Å². The summed E-state index contributed by atoms with van der Waals surface area (Å²) in [6.07, 6.45) is 1.60. The summed E-state index contributed by atoms with van der Waals surface area (Å²) >= 11 is 1.58. The molecular formula is C17H25NO5S. The zero-order chi connectivity index (χ0) is 18.2. The van der Waals surface area contributed by atoms with Crippen LogP contribution in [-0.2, 0) is 20.7 Å². The van der Waals surface area contributed by atoms with Crippen molar-refractivity contribution in [3.8, 4) is 5.75 Å². The molecule has 0 saturated heterocycles. The minimum Gasteiger partial charge on any atom is -0.483 e. The van der Waals surface area contributed by atoms with Gasteiger partial charge in [0.2, 0.25) is 0 Å². The first-order valence-electron chi connectivity index (χ1n) is 7.53. The lowest BCUT2D eigenvalue weighted by atomic mass is 10.1. The molecular weight excluding hydrogens is 330 g/mol. The quantitative estimate of drug-likeness (QED) is 0.599. The van der Waals surface area contributed by atoms with Gasteiger partial charge < -0.3 is 19.5 Å². The zero-order valence-corrected chi connectivity index (χ0v) is 15.6. The van der Waals surface area contributed by atoms with E-state index in [0.29, 0.717) is 12.4 Å². The van der Waals surface area contributed by atoms with Gasteiger partial charge in [-0.25, -0.2) is 9.59 Å². The van der Waals surface area contributed by atoms with Crippen molar-refractivity contribution < 1.29 is 23.8 Å². The van der Waals surface area contributed by atoms with E-state index in [-0.39, 0.29) is 0 Å². The van der Waals surface area contributed by atoms with Crippen molar-refractivity contribution in [3.05, 3.63) is 29.8 Å². The largest absolute Gasteiger partial charge is 0.483 e. The molecule has 0 aliphatic carbocycles. The third-order valence-electron chi connectivity index (χ3n) is 2.88. The van der Waals surface area contributed by atoms with Crippen molar-refractivity contribution in [2.75, 3.05) is 19.3 Å². The molecule has 0 bridgehead atoms. The molecule has 6 nitrogen and oxygen atoms in total. The summed E-state index contributed by atoms with van der Waals surface area (Å²) < 4.78 is 15.4. The Balaban J connectivity index is 2.72. The summed E-state index contributed by atoms with van der Waals surface area (Å²) in [5.74, 6) is 0.802. The van der Waals surface area contributed by atoms with Gasteiger partial charge in [-0.15, -0.1) is 11.8 Å². The van der Waals surface area contributed by atoms with Crippen molar-refractivity contribution >= 4 is 23.8 Å². The minimum absolute atomic E-state index is 0.300. The number of rotatable bonds is 7. The molecule has 1 N–H and O–H groups in total. The molecule has 134 valence electrons. The monoisotopic (exact) mass is 355 g/mol. The van der Waals surface area contributed by atoms with E-state index in [0.717, 1.165) is 11.3 Å². The van der Waals surface area contributed by atoms with E-state index >= 15 is 0 Å². The highest BCUT2D eigenvalue weighted by Gasteiger charge is 2.25. The maximum atomic E-state index is 11.9. The number of methoxy groups -OCH3 is 1. The molecule has 1 unspecified atom stereocenters. The van der Waals surface area contributed by atoms with Gasteiger partial charge in [-0.3, -0.25) is 0 Å². The fourth-order valence-electron chi connectivity index (χ4n) is 1.87. The lowest BCUT2D eigenvalue weighted by Gasteiger charge is -2.22. The third kappa shape index (κ3) is 7.59. The number of benzene rings is 1. The molecule has 7 heteroatoms. The van der Waals surface area contributed by atoms with Crippen LogP contribution in [0.2, 0.25) is 0 Å². The molecule has 1 atom stereocenters. The fourth-order valence-corrected chi connectivity index (χ4v) is 2.12. The van der Waals surface area contributed by atoms with Crippen molar-refractivity contribution in [3.63, 3.8) is 0 Å². The summed E-state index contributed by atoms with van der Waals surface area (Å²) in [6.45, 7) is 5.27. The Hall–Kier alpha value is -1.89. The summed E-state index contributed by atoms with van der Waals surface area (Å²) in [7, 11) is 1.28. The van der Waals surface area contributed by atoms with Gasteiger partial charge in [-0.2, -0.15) is 0 Å². The van der Waals surface area contributed by atoms with Crippen molar-refractivity contribution in [1.82, 2.24) is 5.32 Å². The Morgan fingerprint density at radius 1 is 1.21 bits per heavy atom. The predicted molar refractivity (Wildman–Crippen MR) is 94.3 cm³/mol. The first-order valence-corrected chi connectivity index (χ1v) is 8.92. The first kappa shape index (κ1) is 20.2. The maximum Gasteiger partial charge on any atom is 0.408 e. The molecule has 1 aromatic rings. The van der Waals surface area contributed by atoms with E-state index in [1.54, 1.807) is 32.5 Å². The van der Waals surface area contributed by atoms with Gasteiger partial charge in [0.15, 0.2) is 0 Å². The van der Waals surface area contributed by atoms with Crippen LogP contribution in [0.15, 0.2) is 24.3 Å². The van der Waals surface area contributed by atoms with E-state index in [1.807, 2.05) is 30.5 Å². The number of hydrogen-bond acceptors (Lipinski definition) is 6. The Morgan fingerprint density at radius 2 is 1.83 bits per heavy atom. The van der Waals surface area contributed by atoms with Crippen LogP contribution in [0.3, 0.4) is 0 Å². The van der Waals surface area contributed by atoms with Crippen LogP contribution < -0.4 is 10.1 Å². The Bertz CT molecular complexity index is 539. The van der Waals surface area contributed by atoms with Crippen molar-refractivity contribution in [2.24, 2.45) is 0 Å². The second kappa shape index (κ2) is 9.42. The Labute approximate surface area is 147 Å². The topological polar surface area (TPSA) is 73.9 Å². The van der Waals surface area contributed by atoms with Gasteiger partial charge in [0.1, 0.15) is 23.3 Å². The summed E-state index contributed by atoms with van der Waals surface area (Å²) in [4.78, 5) is 23.8. The number of alkyl carbamates (subject to hydrolysis) is 1. The highest BCUT2D eigenvalue weighted by molar-refractivity contribution is 7.98. The van der Waals surface area contributed by atoms with Gasteiger partial charge in [0.05, 0.1) is 7.11 Å². The van der Waals surface area contributed by atoms with E-state index in [9.17, 15) is 9.59 Å². The number of esters is 1. The molecule has 0 spiro atoms. The highest BCUT2D eigenvalue weighted by atomic mass is 32.2. The van der Waals surface area contributed by atoms with E-state index in [4.69, 9.17) is 14.2 Å². The molecule has 0 heterocycles. The molecule has 0 aromatic heterocycles. The van der Waals surface area contributed by atoms with Crippen LogP contribution in [-0.4, -0.2) is 43.0 Å². The predicted octanol–water partition coefficient (Wildman–Crippen LogP) is 2.99. The Kier molecular flexibility index (Phi) is 7.91. The summed E-state index contributed by atoms with van der Waals surface area (Å²) in [5.41, 5.74) is 0.235. The smallest absolute Gasteiger partial charge is 0.408 e. The van der Waals surface area contributed by atoms with Crippen LogP contribution >= 0.6 is 11.8 Å². The standard InChI is InChI=1S/C17H25NO5S/c1-17(2,3)23-16(20)18-14(15(19)21-4)10-12-6-8-13(9-7-12)22-11-24-5/h6-9,14H,10-11H2,1-5H3,(H,18,20). The van der Waals surface area contributed by atoms with E-state index < -0.39 is 23.7 Å². The molecule has 1 aromatic carbocycles. The molecule has 0 aliphatic rings. The van der Waals surface area contributed by atoms with E-state index in [1.165, 1.54) is 7.11 Å². The fraction of sp³-hybridized carbons (Fsp3) is 0.529. The Morgan fingerprint density at radius 3 is 2.33 bits per heavy atom. The number of amides is 1. The first-order chi connectivity index (χ1) is 11.2. The van der Waals surface area contributed by atoms with Crippen LogP contribution in [0, 0.1) is 0 Å². The lowest BCUT2D eigenvalue weighted by molar-refractivity contribution is -0.143. The highest BCUT2D eigenvalue weighted by Crippen LogP contribution is 2.15. The van der Waals surface area contributed by atoms with Crippen molar-refractivity contribution in [2.45, 2.75) is 38.8 Å². The molecule has 1 rings (SSSR count). The number of ether oxygens (including phenoxy) is 3. The summed E-state index contributed by atoms with van der Waals surface area (Å²) in [5, 5.41) is 2.55. The second-order valence-electron chi connectivity index (χ2n) is 6.12. The number of nitrogens with one attached hydrogen (secondary N) is 1.